The van der Waals surface area contributed by atoms with Gasteiger partial charge in [-0.3, -0.25) is 33.8 Å². The number of nitrogens with zero attached hydrogens (tertiary/aromatic N) is 7. The minimum absolute atomic E-state index is 0.0838. The monoisotopic (exact) mass is 765 g/mol. The number of fused-ring (bicyclic) bond motifs is 3. The van der Waals surface area contributed by atoms with Gasteiger partial charge in [-0.1, -0.05) is 11.8 Å². The lowest BCUT2D eigenvalue weighted by atomic mass is 9.90. The molecule has 0 spiro atoms. The number of pyridine rings is 2. The molecule has 288 valence electrons. The SMILES string of the molecule is Cn1c(=O)n(C)c2c(C3CCOCC3)nc(N3CCCc4nc(-c5ccc(C(=O)NCC#Cc6ccc7occ(C8CCC(=O)NC8=O)c7c6)nc5)ncc43)cc21. The van der Waals surface area contributed by atoms with Crippen LogP contribution in [-0.4, -0.2) is 73.1 Å². The summed E-state index contributed by atoms with van der Waals surface area (Å²) in [5, 5.41) is 5.95. The number of piperidine rings is 1. The van der Waals surface area contributed by atoms with Crippen molar-refractivity contribution in [2.75, 3.05) is 31.2 Å². The third-order valence-corrected chi connectivity index (χ3v) is 11.1. The Morgan fingerprint density at radius 3 is 2.65 bits per heavy atom. The highest BCUT2D eigenvalue weighted by atomic mass is 16.5. The zero-order valence-corrected chi connectivity index (χ0v) is 31.5. The lowest BCUT2D eigenvalue weighted by Crippen LogP contribution is -2.39. The zero-order valence-electron chi connectivity index (χ0n) is 31.5. The van der Waals surface area contributed by atoms with Crippen molar-refractivity contribution in [3.8, 4) is 23.2 Å². The molecule has 2 N–H and O–H groups in total. The lowest BCUT2D eigenvalue weighted by Gasteiger charge is -2.31. The van der Waals surface area contributed by atoms with E-state index in [-0.39, 0.29) is 48.0 Å². The molecule has 1 unspecified atom stereocenters. The van der Waals surface area contributed by atoms with Crippen molar-refractivity contribution in [2.45, 2.75) is 50.4 Å². The maximum absolute atomic E-state index is 13.0. The van der Waals surface area contributed by atoms with Crippen molar-refractivity contribution in [3.05, 3.63) is 93.7 Å². The first-order valence-electron chi connectivity index (χ1n) is 19.1. The molecule has 0 aliphatic carbocycles. The Hall–Kier alpha value is -6.66. The van der Waals surface area contributed by atoms with E-state index >= 15 is 0 Å². The van der Waals surface area contributed by atoms with E-state index in [9.17, 15) is 19.2 Å². The highest BCUT2D eigenvalue weighted by molar-refractivity contribution is 6.02. The number of hydrogen-bond acceptors (Lipinski definition) is 11. The van der Waals surface area contributed by atoms with Crippen molar-refractivity contribution in [2.24, 2.45) is 14.1 Å². The van der Waals surface area contributed by atoms with Crippen LogP contribution in [0.4, 0.5) is 11.5 Å². The van der Waals surface area contributed by atoms with Crippen LogP contribution in [-0.2, 0) is 34.8 Å². The molecule has 3 amide bonds. The molecule has 15 nitrogen and oxygen atoms in total. The summed E-state index contributed by atoms with van der Waals surface area (Å²) in [6.45, 7) is 2.17. The van der Waals surface area contributed by atoms with Gasteiger partial charge in [-0.25, -0.2) is 19.7 Å². The summed E-state index contributed by atoms with van der Waals surface area (Å²) in [6, 6.07) is 10.9. The van der Waals surface area contributed by atoms with Crippen LogP contribution in [0, 0.1) is 11.8 Å². The number of hydrogen-bond donors (Lipinski definition) is 2. The molecule has 3 aliphatic heterocycles. The number of aryl methyl sites for hydroxylation is 3. The minimum atomic E-state index is -0.469. The highest BCUT2D eigenvalue weighted by Crippen LogP contribution is 2.38. The summed E-state index contributed by atoms with van der Waals surface area (Å²) in [5.74, 6) is 6.05. The van der Waals surface area contributed by atoms with Crippen LogP contribution in [0.25, 0.3) is 33.4 Å². The van der Waals surface area contributed by atoms with E-state index in [0.717, 1.165) is 77.1 Å². The number of imidazole rings is 1. The molecule has 0 saturated carbocycles. The van der Waals surface area contributed by atoms with Gasteiger partial charge in [-0.2, -0.15) is 0 Å². The molecule has 2 saturated heterocycles. The van der Waals surface area contributed by atoms with Crippen molar-refractivity contribution in [3.63, 3.8) is 0 Å². The Balaban J connectivity index is 0.886. The average molecular weight is 766 g/mol. The van der Waals surface area contributed by atoms with E-state index in [2.05, 4.69) is 32.4 Å². The first-order valence-corrected chi connectivity index (χ1v) is 19.1. The fourth-order valence-corrected chi connectivity index (χ4v) is 8.08. The van der Waals surface area contributed by atoms with E-state index in [4.69, 9.17) is 24.1 Å². The van der Waals surface area contributed by atoms with Gasteiger partial charge in [0.15, 0.2) is 5.82 Å². The second-order valence-electron chi connectivity index (χ2n) is 14.6. The maximum atomic E-state index is 13.0. The van der Waals surface area contributed by atoms with Crippen LogP contribution in [0.1, 0.15) is 76.9 Å². The van der Waals surface area contributed by atoms with Crippen molar-refractivity contribution in [1.82, 2.24) is 39.7 Å². The second kappa shape index (κ2) is 14.8. The molecule has 3 aliphatic rings. The van der Waals surface area contributed by atoms with E-state index in [1.807, 2.05) is 24.4 Å². The first-order chi connectivity index (χ1) is 27.7. The number of benzene rings is 1. The second-order valence-corrected chi connectivity index (χ2v) is 14.6. The third-order valence-electron chi connectivity index (χ3n) is 11.1. The number of amides is 3. The van der Waals surface area contributed by atoms with Crippen LogP contribution in [0.5, 0.6) is 0 Å². The fourth-order valence-electron chi connectivity index (χ4n) is 8.08. The van der Waals surface area contributed by atoms with Gasteiger partial charge >= 0.3 is 5.69 Å². The van der Waals surface area contributed by atoms with E-state index in [1.54, 1.807) is 53.9 Å². The summed E-state index contributed by atoms with van der Waals surface area (Å²) in [7, 11) is 3.60. The fraction of sp³-hybridized carbons (Fsp3) is 0.333. The van der Waals surface area contributed by atoms with Gasteiger partial charge < -0.3 is 19.4 Å². The molecule has 2 fully saturated rings. The molecule has 0 bridgehead atoms. The number of furan rings is 1. The maximum Gasteiger partial charge on any atom is 0.328 e. The molecule has 5 aromatic heterocycles. The topological polar surface area (TPSA) is 179 Å². The van der Waals surface area contributed by atoms with Crippen LogP contribution in [0.15, 0.2) is 64.3 Å². The standard InChI is InChI=1S/C42H39N9O6/c1-49-32-20-35(47-37(25-13-17-56-18-14-25)38(32)50(2)42(49)55)51-16-4-6-30-33(51)22-45-39(46-30)26-8-10-31(44-21-26)41(54)43-15-3-5-24-7-11-34-28(19-24)29(23-57-34)27-9-12-36(52)48-40(27)53/h7-8,10-11,19-23,25,27H,4,6,9,12-18H2,1-2H3,(H,43,54)(H,48,52,53). The Morgan fingerprint density at radius 1 is 0.982 bits per heavy atom. The molecule has 8 heterocycles. The largest absolute Gasteiger partial charge is 0.464 e. The van der Waals surface area contributed by atoms with Crippen LogP contribution in [0.2, 0.25) is 0 Å². The molecule has 57 heavy (non-hydrogen) atoms. The molecule has 1 atom stereocenters. The van der Waals surface area contributed by atoms with Crippen LogP contribution < -0.4 is 21.2 Å². The highest BCUT2D eigenvalue weighted by Gasteiger charge is 2.31. The summed E-state index contributed by atoms with van der Waals surface area (Å²) in [5.41, 5.74) is 7.27. The molecule has 1 aromatic carbocycles. The predicted octanol–water partition coefficient (Wildman–Crippen LogP) is 4.15. The molecule has 6 aromatic rings. The zero-order chi connectivity index (χ0) is 39.2. The van der Waals surface area contributed by atoms with Gasteiger partial charge in [-0.15, -0.1) is 0 Å². The molecule has 15 heteroatoms. The van der Waals surface area contributed by atoms with Gasteiger partial charge in [0.25, 0.3) is 5.91 Å². The summed E-state index contributed by atoms with van der Waals surface area (Å²) in [4.78, 5) is 71.4. The smallest absolute Gasteiger partial charge is 0.328 e. The number of anilines is 2. The summed E-state index contributed by atoms with van der Waals surface area (Å²) >= 11 is 0. The van der Waals surface area contributed by atoms with Crippen LogP contribution in [0.3, 0.4) is 0 Å². The first kappa shape index (κ1) is 36.0. The molecular weight excluding hydrogens is 727 g/mol. The summed E-state index contributed by atoms with van der Waals surface area (Å²) < 4.78 is 14.7. The van der Waals surface area contributed by atoms with Gasteiger partial charge in [-0.05, 0) is 62.4 Å². The third kappa shape index (κ3) is 6.71. The van der Waals surface area contributed by atoms with Gasteiger partial charge in [0.2, 0.25) is 11.8 Å². The number of imide groups is 1. The molecule has 9 rings (SSSR count). The number of carbonyl (C=O) groups is 3. The molecular formula is C42H39N9O6. The lowest BCUT2D eigenvalue weighted by molar-refractivity contribution is -0.134. The number of ether oxygens (including phenoxy) is 1. The normalized spacial score (nSPS) is 17.3. The van der Waals surface area contributed by atoms with E-state index in [1.165, 1.54) is 0 Å². The summed E-state index contributed by atoms with van der Waals surface area (Å²) in [6.07, 6.45) is 9.00. The minimum Gasteiger partial charge on any atom is -0.464 e. The number of carbonyl (C=O) groups excluding carboxylic acids is 3. The van der Waals surface area contributed by atoms with E-state index in [0.29, 0.717) is 42.2 Å². The Labute approximate surface area is 326 Å². The van der Waals surface area contributed by atoms with Crippen molar-refractivity contribution >= 4 is 51.2 Å². The van der Waals surface area contributed by atoms with Crippen molar-refractivity contribution in [1.29, 1.82) is 0 Å². The number of rotatable bonds is 6. The number of aromatic nitrogens is 6. The molecule has 0 radical (unpaired) electrons. The van der Waals surface area contributed by atoms with Gasteiger partial charge in [0.05, 0.1) is 53.0 Å². The van der Waals surface area contributed by atoms with E-state index < -0.39 is 5.92 Å². The van der Waals surface area contributed by atoms with Gasteiger partial charge in [0, 0.05) is 80.5 Å². The number of nitrogens with one attached hydrogen (secondary N) is 2. The predicted molar refractivity (Wildman–Crippen MR) is 210 cm³/mol. The Bertz CT molecular complexity index is 2710. The van der Waals surface area contributed by atoms with Crippen molar-refractivity contribution < 1.29 is 23.5 Å². The Kier molecular flexibility index (Phi) is 9.33. The average Bonchev–Trinajstić information content (AvgIpc) is 3.75. The Morgan fingerprint density at radius 2 is 1.84 bits per heavy atom. The quantitative estimate of drug-likeness (QED) is 0.184. The van der Waals surface area contributed by atoms with Crippen LogP contribution >= 0.6 is 0 Å². The van der Waals surface area contributed by atoms with Gasteiger partial charge in [0.1, 0.15) is 17.1 Å².